The van der Waals surface area contributed by atoms with Crippen molar-refractivity contribution in [2.75, 3.05) is 39.5 Å². The van der Waals surface area contributed by atoms with Crippen molar-refractivity contribution >= 4 is 80.5 Å². The summed E-state index contributed by atoms with van der Waals surface area (Å²) in [5, 5.41) is 49.7. The molecule has 5 N–H and O–H groups in total. The summed E-state index contributed by atoms with van der Waals surface area (Å²) in [5.74, 6) is -8.27. The third-order valence-electron chi connectivity index (χ3n) is 22.6. The van der Waals surface area contributed by atoms with Gasteiger partial charge in [0.25, 0.3) is 11.1 Å². The Hall–Kier alpha value is -5.07. The number of fused-ring (bicyclic) bond motifs is 14. The first-order chi connectivity index (χ1) is 40.0. The number of ketones is 4. The Balaban J connectivity index is 0.000000169. The third-order valence-corrected chi connectivity index (χ3v) is 24.6. The number of nitrogens with zero attached hydrogens (tertiary/aromatic N) is 1. The zero-order valence-corrected chi connectivity index (χ0v) is 50.3. The smallest absolute Gasteiger partial charge is 0.329 e. The van der Waals surface area contributed by atoms with Gasteiger partial charge in [-0.15, -0.1) is 22.7 Å². The Bertz CT molecular complexity index is 3210. The van der Waals surface area contributed by atoms with Crippen LogP contribution in [0.4, 0.5) is 17.6 Å². The first-order valence-electron chi connectivity index (χ1n) is 28.9. The number of hydrogen-bond donors (Lipinski definition) is 5. The highest BCUT2D eigenvalue weighted by Crippen LogP contribution is 2.77. The number of amides is 1. The van der Waals surface area contributed by atoms with E-state index >= 15 is 17.6 Å². The van der Waals surface area contributed by atoms with Crippen LogP contribution in [0.2, 0.25) is 0 Å². The molecule has 0 aromatic carbocycles. The molecule has 10 aliphatic rings. The number of rotatable bonds is 10. The maximum absolute atomic E-state index is 17.7. The summed E-state index contributed by atoms with van der Waals surface area (Å²) < 4.78 is 77.2. The van der Waals surface area contributed by atoms with E-state index in [0.717, 1.165) is 12.2 Å². The maximum atomic E-state index is 17.7. The fourth-order valence-corrected chi connectivity index (χ4v) is 20.3. The molecule has 2 aromatic heterocycles. The second kappa shape index (κ2) is 22.2. The fourth-order valence-electron chi connectivity index (χ4n) is 18.9. The number of esters is 2. The third kappa shape index (κ3) is 8.68. The summed E-state index contributed by atoms with van der Waals surface area (Å²) in [6.07, 6.45) is 0.463. The summed E-state index contributed by atoms with van der Waals surface area (Å²) in [5.41, 5.74) is -12.6. The lowest BCUT2D eigenvalue weighted by Gasteiger charge is -2.63. The van der Waals surface area contributed by atoms with Crippen molar-refractivity contribution in [3.8, 4) is 0 Å². The average molecular weight is 1240 g/mol. The van der Waals surface area contributed by atoms with Gasteiger partial charge >= 0.3 is 11.9 Å². The summed E-state index contributed by atoms with van der Waals surface area (Å²) >= 11 is 7.65. The molecule has 8 fully saturated rings. The Labute approximate surface area is 502 Å². The quantitative estimate of drug-likeness (QED) is 0.0915. The summed E-state index contributed by atoms with van der Waals surface area (Å²) in [6, 6.07) is 4.80. The first-order valence-corrected chi connectivity index (χ1v) is 31.0. The molecule has 23 heteroatoms. The first kappa shape index (κ1) is 63.0. The molecular formula is C62H71ClF4N2O14S2. The standard InChI is InChI=1S/C31H35F2NO7S.C26H33F2NO6.C5H3ClOS/c1-4-41-27(40)25-20-11-17-18-12-21(32)19-10-16(36)7-8-28(19,2)31(18,33)23(37)13-29(17,3)30(20,24(38)14-35)15-34(25)26(39)22-6-5-9-42-22;1-4-35-22(34)21-17-8-14-15-9-18(27)16-7-13(31)5-6-23(16,2)26(15,28)19(32)10-24(14,3)25(17,12-29-21)20(33)11-30;6-5(7)4-2-1-3-8-4/h5-10,17-18,20-21,23,25,35,37H,4,11-15H2,1-3H3;5-7,14-15,17-19,21,29-30,32H,4,8-12H2,1-3H3;1-3H/t17-,18-,20-,21-,23-,25?,28-,29-,30+,31-;14-,15-,17-,18-,19-,21?,23-,24-,25+,26-;/m00./s1. The van der Waals surface area contributed by atoms with Crippen molar-refractivity contribution in [2.45, 2.75) is 128 Å². The predicted octanol–water partition coefficient (Wildman–Crippen LogP) is 6.97. The van der Waals surface area contributed by atoms with Crippen LogP contribution in [0.1, 0.15) is 99.4 Å². The van der Waals surface area contributed by atoms with Crippen LogP contribution in [0.5, 0.6) is 0 Å². The molecule has 460 valence electrons. The fraction of sp³-hybridized carbons (Fsp3) is 0.613. The number of hydrogen-bond acceptors (Lipinski definition) is 17. The number of aliphatic hydroxyl groups excluding tert-OH is 4. The SMILES string of the molecule is CCOC(=O)C1NC[C@]2(C(=O)CO)[C@H]1C[C@H]1[C@@H]3C[C@H](F)C4=CC(=O)C=C[C@]4(C)[C@@]3(F)[C@@H](O)C[C@@]12C.CCOC(=O)C1[C@@H]2C[C@H]3[C@@H]4C[C@H](F)C5=CC(=O)C=C[C@]5(C)[C@@]4(F)[C@@H](O)C[C@]3(C)[C@]2(C(=O)CO)CN1C(=O)c1cccs1.O=C(Cl)c1cccs1. The van der Waals surface area contributed by atoms with Gasteiger partial charge < -0.3 is 40.1 Å². The van der Waals surface area contributed by atoms with Crippen LogP contribution in [-0.4, -0.2) is 159 Å². The van der Waals surface area contributed by atoms with Gasteiger partial charge in [-0.1, -0.05) is 38.1 Å². The second-order valence-corrected chi connectivity index (χ2v) is 27.7. The molecule has 8 aliphatic carbocycles. The van der Waals surface area contributed by atoms with Crippen LogP contribution in [0.25, 0.3) is 0 Å². The molecule has 6 saturated carbocycles. The predicted molar refractivity (Wildman–Crippen MR) is 303 cm³/mol. The van der Waals surface area contributed by atoms with E-state index < -0.39 is 170 Å². The van der Waals surface area contributed by atoms with E-state index in [4.69, 9.17) is 21.1 Å². The molecule has 2 aliphatic heterocycles. The van der Waals surface area contributed by atoms with E-state index in [1.807, 2.05) is 12.3 Å². The van der Waals surface area contributed by atoms with E-state index in [-0.39, 0.29) is 81.2 Å². The largest absolute Gasteiger partial charge is 0.465 e. The zero-order valence-electron chi connectivity index (χ0n) is 47.9. The highest BCUT2D eigenvalue weighted by Gasteiger charge is 2.82. The van der Waals surface area contributed by atoms with Crippen LogP contribution in [0.15, 0.2) is 82.6 Å². The van der Waals surface area contributed by atoms with Gasteiger partial charge in [-0.3, -0.25) is 33.6 Å². The average Bonchev–Trinajstić information content (AvgIpc) is 1.62. The second-order valence-electron chi connectivity index (χ2n) is 25.5. The normalized spacial score (nSPS) is 43.0. The number of likely N-dealkylation sites (tertiary alicyclic amines) is 1. The number of allylic oxidation sites excluding steroid dienone is 8. The van der Waals surface area contributed by atoms with Crippen molar-refractivity contribution in [3.05, 3.63) is 92.4 Å². The van der Waals surface area contributed by atoms with Crippen molar-refractivity contribution in [2.24, 2.45) is 68.0 Å². The summed E-state index contributed by atoms with van der Waals surface area (Å²) in [6.45, 7) is 8.31. The number of Topliss-reactive ketones (excluding diaryl/α,β-unsaturated/α-hetero) is 2. The summed E-state index contributed by atoms with van der Waals surface area (Å²) in [7, 11) is 0. The number of aliphatic hydroxyl groups is 4. The zero-order chi connectivity index (χ0) is 61.9. The maximum Gasteiger partial charge on any atom is 0.329 e. The number of alkyl halides is 4. The highest BCUT2D eigenvalue weighted by atomic mass is 35.5. The Kier molecular flexibility index (Phi) is 16.4. The molecule has 2 unspecified atom stereocenters. The van der Waals surface area contributed by atoms with Gasteiger partial charge in [0, 0.05) is 41.7 Å². The lowest BCUT2D eigenvalue weighted by molar-refractivity contribution is -0.211. The van der Waals surface area contributed by atoms with Crippen LogP contribution in [-0.2, 0) is 38.2 Å². The van der Waals surface area contributed by atoms with Gasteiger partial charge in [0.2, 0.25) is 0 Å². The topological polar surface area (TPSA) is 251 Å². The van der Waals surface area contributed by atoms with Crippen molar-refractivity contribution in [1.29, 1.82) is 0 Å². The van der Waals surface area contributed by atoms with Crippen LogP contribution >= 0.6 is 34.3 Å². The van der Waals surface area contributed by atoms with Crippen molar-refractivity contribution < 1.29 is 85.8 Å². The lowest BCUT2D eigenvalue weighted by Crippen LogP contribution is -2.69. The van der Waals surface area contributed by atoms with Crippen molar-refractivity contribution in [1.82, 2.24) is 10.2 Å². The van der Waals surface area contributed by atoms with Gasteiger partial charge in [-0.2, -0.15) is 0 Å². The Morgan fingerprint density at radius 1 is 0.671 bits per heavy atom. The van der Waals surface area contributed by atoms with Crippen LogP contribution in [0, 0.1) is 68.0 Å². The molecule has 2 saturated heterocycles. The molecule has 0 bridgehead atoms. The molecule has 0 radical (unpaired) electrons. The Morgan fingerprint density at radius 3 is 1.58 bits per heavy atom. The number of carbonyl (C=O) groups is 8. The van der Waals surface area contributed by atoms with E-state index in [0.29, 0.717) is 9.75 Å². The van der Waals surface area contributed by atoms with E-state index in [1.54, 1.807) is 50.4 Å². The molecule has 20 atom stereocenters. The molecule has 2 aromatic rings. The van der Waals surface area contributed by atoms with Gasteiger partial charge in [-0.05, 0) is 165 Å². The van der Waals surface area contributed by atoms with Gasteiger partial charge in [0.05, 0.1) is 46.0 Å². The number of thiophene rings is 2. The minimum atomic E-state index is -2.36. The minimum absolute atomic E-state index is 0.00661. The van der Waals surface area contributed by atoms with Gasteiger partial charge in [0.15, 0.2) is 34.5 Å². The molecule has 1 amide bonds. The molecule has 85 heavy (non-hydrogen) atoms. The molecule has 12 rings (SSSR count). The van der Waals surface area contributed by atoms with Crippen LogP contribution in [0.3, 0.4) is 0 Å². The monoisotopic (exact) mass is 1240 g/mol. The van der Waals surface area contributed by atoms with Gasteiger partial charge in [0.1, 0.15) is 37.6 Å². The molecule has 16 nitrogen and oxygen atoms in total. The Morgan fingerprint density at radius 2 is 1.13 bits per heavy atom. The number of nitrogens with one attached hydrogen (secondary N) is 1. The number of halogens is 5. The van der Waals surface area contributed by atoms with Gasteiger partial charge in [-0.25, -0.2) is 22.4 Å². The molecule has 0 spiro atoms. The van der Waals surface area contributed by atoms with Crippen molar-refractivity contribution in [3.63, 3.8) is 0 Å². The van der Waals surface area contributed by atoms with Crippen LogP contribution < -0.4 is 5.32 Å². The lowest BCUT2D eigenvalue weighted by atomic mass is 9.43. The molecule has 4 heterocycles. The van der Waals surface area contributed by atoms with E-state index in [9.17, 15) is 58.8 Å². The number of ether oxygens (including phenoxy) is 2. The van der Waals surface area contributed by atoms with E-state index in [2.05, 4.69) is 5.32 Å². The highest BCUT2D eigenvalue weighted by molar-refractivity contribution is 7.14. The van der Waals surface area contributed by atoms with E-state index in [1.165, 1.54) is 65.7 Å². The number of carbonyl (C=O) groups excluding carboxylic acids is 8. The minimum Gasteiger partial charge on any atom is -0.465 e. The summed E-state index contributed by atoms with van der Waals surface area (Å²) in [4.78, 5) is 104. The molecular weight excluding hydrogens is 1170 g/mol.